The molecule has 0 bridgehead atoms. The number of hydrogen-bond donors (Lipinski definition) is 2. The molecule has 0 amide bonds. The molecule has 2 aliphatic rings. The van der Waals surface area contributed by atoms with Gasteiger partial charge in [-0.25, -0.2) is 0 Å². The van der Waals surface area contributed by atoms with Gasteiger partial charge in [-0.1, -0.05) is 13.8 Å². The van der Waals surface area contributed by atoms with Gasteiger partial charge in [-0.15, -0.1) is 0 Å². The van der Waals surface area contributed by atoms with E-state index >= 15 is 0 Å². The van der Waals surface area contributed by atoms with E-state index in [9.17, 15) is 0 Å². The summed E-state index contributed by atoms with van der Waals surface area (Å²) in [6, 6.07) is 0.913. The van der Waals surface area contributed by atoms with Crippen LogP contribution in [0.25, 0.3) is 0 Å². The van der Waals surface area contributed by atoms with Crippen molar-refractivity contribution in [3.8, 4) is 0 Å². The third-order valence-electron chi connectivity index (χ3n) is 3.60. The minimum Gasteiger partial charge on any atom is -0.369 e. The maximum Gasteiger partial charge on any atom is 0.101 e. The average molecular weight is 278 g/mol. The maximum absolute atomic E-state index is 4.48. The molecule has 0 radical (unpaired) electrons. The number of hydrogen-bond acceptors (Lipinski definition) is 6. The lowest BCUT2D eigenvalue weighted by molar-refractivity contribution is 0.653. The molecule has 6 heteroatoms. The summed E-state index contributed by atoms with van der Waals surface area (Å²) in [6.07, 6.45) is 0. The zero-order valence-electron chi connectivity index (χ0n) is 12.9. The Hall–Kier alpha value is -1.46. The van der Waals surface area contributed by atoms with E-state index < -0.39 is 0 Å². The molecule has 0 spiro atoms. The quantitative estimate of drug-likeness (QED) is 0.722. The molecule has 2 rings (SSSR count). The summed E-state index contributed by atoms with van der Waals surface area (Å²) in [6.45, 7) is 11.7. The number of azo groups is 1. The van der Waals surface area contributed by atoms with Gasteiger partial charge in [0.15, 0.2) is 0 Å². The van der Waals surface area contributed by atoms with Crippen LogP contribution in [0.2, 0.25) is 0 Å². The van der Waals surface area contributed by atoms with Crippen molar-refractivity contribution in [2.24, 2.45) is 32.0 Å². The lowest BCUT2D eigenvalue weighted by Crippen LogP contribution is -2.32. The van der Waals surface area contributed by atoms with E-state index in [2.05, 4.69) is 58.5 Å². The highest BCUT2D eigenvalue weighted by molar-refractivity contribution is 5.86. The molecule has 0 saturated carbocycles. The Balaban J connectivity index is 1.69. The van der Waals surface area contributed by atoms with Crippen LogP contribution in [-0.4, -0.2) is 49.9 Å². The van der Waals surface area contributed by atoms with Crippen LogP contribution in [0.15, 0.2) is 20.2 Å². The molecule has 0 aromatic rings. The van der Waals surface area contributed by atoms with Crippen molar-refractivity contribution in [1.29, 1.82) is 0 Å². The van der Waals surface area contributed by atoms with E-state index in [0.29, 0.717) is 37.0 Å². The zero-order valence-corrected chi connectivity index (χ0v) is 12.9. The highest BCUT2D eigenvalue weighted by Crippen LogP contribution is 2.07. The zero-order chi connectivity index (χ0) is 14.5. The van der Waals surface area contributed by atoms with E-state index in [1.165, 1.54) is 0 Å². The first-order chi connectivity index (χ1) is 9.56. The van der Waals surface area contributed by atoms with Crippen molar-refractivity contribution in [3.63, 3.8) is 0 Å². The lowest BCUT2D eigenvalue weighted by Gasteiger charge is -2.12. The summed E-state index contributed by atoms with van der Waals surface area (Å²) in [5, 5.41) is 15.3. The minimum absolute atomic E-state index is 0.320. The lowest BCUT2D eigenvalue weighted by atomic mass is 10.1. The van der Waals surface area contributed by atoms with Crippen LogP contribution in [0.3, 0.4) is 0 Å². The van der Waals surface area contributed by atoms with Crippen molar-refractivity contribution in [1.82, 2.24) is 10.6 Å². The van der Waals surface area contributed by atoms with Crippen LogP contribution < -0.4 is 10.6 Å². The number of rotatable bonds is 6. The Labute approximate surface area is 121 Å². The number of nitrogens with one attached hydrogen (secondary N) is 2. The van der Waals surface area contributed by atoms with Crippen molar-refractivity contribution in [2.75, 3.05) is 26.2 Å². The van der Waals surface area contributed by atoms with Crippen LogP contribution in [0, 0.1) is 11.8 Å². The molecule has 2 heterocycles. The van der Waals surface area contributed by atoms with Gasteiger partial charge in [0.2, 0.25) is 0 Å². The van der Waals surface area contributed by atoms with Crippen molar-refractivity contribution in [3.05, 3.63) is 0 Å². The standard InChI is InChI=1S/C14H26N6/c1-9(13-15-7-11(3)19-13)5-17-18-6-10(2)14-16-8-12(4)20-14/h9-12H,5-8H2,1-4H3,(H,15,19)(H,16,20)/b18-17+. The summed E-state index contributed by atoms with van der Waals surface area (Å²) in [7, 11) is 0. The molecule has 0 aliphatic carbocycles. The van der Waals surface area contributed by atoms with Gasteiger partial charge in [-0.05, 0) is 13.8 Å². The van der Waals surface area contributed by atoms with Gasteiger partial charge in [0.25, 0.3) is 0 Å². The molecule has 2 aliphatic heterocycles. The van der Waals surface area contributed by atoms with Gasteiger partial charge >= 0.3 is 0 Å². The van der Waals surface area contributed by atoms with Gasteiger partial charge in [-0.2, -0.15) is 10.2 Å². The Morgan fingerprint density at radius 2 is 1.35 bits per heavy atom. The second-order valence-corrected chi connectivity index (χ2v) is 5.99. The first-order valence-corrected chi connectivity index (χ1v) is 7.51. The van der Waals surface area contributed by atoms with E-state index in [-0.39, 0.29) is 0 Å². The predicted octanol–water partition coefficient (Wildman–Crippen LogP) is 1.49. The maximum atomic E-state index is 4.48. The fourth-order valence-corrected chi connectivity index (χ4v) is 2.29. The second-order valence-electron chi connectivity index (χ2n) is 5.99. The van der Waals surface area contributed by atoms with Crippen LogP contribution in [0.5, 0.6) is 0 Å². The Kier molecular flexibility index (Phi) is 5.09. The molecule has 0 aromatic heterocycles. The average Bonchev–Trinajstić information content (AvgIpc) is 3.03. The summed E-state index contributed by atoms with van der Waals surface area (Å²) in [5.74, 6) is 2.78. The van der Waals surface area contributed by atoms with E-state index in [1.54, 1.807) is 0 Å². The Morgan fingerprint density at radius 1 is 0.950 bits per heavy atom. The minimum atomic E-state index is 0.320. The molecular formula is C14H26N6. The van der Waals surface area contributed by atoms with Gasteiger partial charge in [0, 0.05) is 23.9 Å². The van der Waals surface area contributed by atoms with Crippen molar-refractivity contribution < 1.29 is 0 Å². The second kappa shape index (κ2) is 6.81. The number of nitrogens with zero attached hydrogens (tertiary/aromatic N) is 4. The summed E-state index contributed by atoms with van der Waals surface area (Å²) < 4.78 is 0. The van der Waals surface area contributed by atoms with E-state index in [4.69, 9.17) is 0 Å². The molecule has 0 saturated heterocycles. The van der Waals surface area contributed by atoms with Crippen LogP contribution in [0.4, 0.5) is 0 Å². The summed E-state index contributed by atoms with van der Waals surface area (Å²) in [5.41, 5.74) is 0. The molecule has 6 nitrogen and oxygen atoms in total. The molecular weight excluding hydrogens is 252 g/mol. The molecule has 4 unspecified atom stereocenters. The SMILES string of the molecule is CC1CN=C(C(C)C/N=N/CC(C)C2=NCC(C)N2)N1. The molecule has 20 heavy (non-hydrogen) atoms. The summed E-state index contributed by atoms with van der Waals surface area (Å²) >= 11 is 0. The van der Waals surface area contributed by atoms with Crippen molar-refractivity contribution >= 4 is 11.7 Å². The molecule has 4 atom stereocenters. The first kappa shape index (κ1) is 14.9. The monoisotopic (exact) mass is 278 g/mol. The third kappa shape index (κ3) is 4.02. The Bertz CT molecular complexity index is 376. The summed E-state index contributed by atoms with van der Waals surface area (Å²) in [4.78, 5) is 8.95. The van der Waals surface area contributed by atoms with E-state index in [0.717, 1.165) is 24.8 Å². The molecule has 0 aromatic carbocycles. The van der Waals surface area contributed by atoms with Gasteiger partial charge in [-0.3, -0.25) is 9.98 Å². The predicted molar refractivity (Wildman–Crippen MR) is 82.7 cm³/mol. The fourth-order valence-electron chi connectivity index (χ4n) is 2.29. The molecule has 112 valence electrons. The smallest absolute Gasteiger partial charge is 0.101 e. The van der Waals surface area contributed by atoms with Crippen LogP contribution in [-0.2, 0) is 0 Å². The van der Waals surface area contributed by atoms with Gasteiger partial charge in [0.1, 0.15) is 11.7 Å². The topological polar surface area (TPSA) is 73.5 Å². The van der Waals surface area contributed by atoms with E-state index in [1.807, 2.05) is 0 Å². The third-order valence-corrected chi connectivity index (χ3v) is 3.60. The highest BCUT2D eigenvalue weighted by Gasteiger charge is 2.19. The largest absolute Gasteiger partial charge is 0.369 e. The highest BCUT2D eigenvalue weighted by atomic mass is 15.1. The van der Waals surface area contributed by atoms with Crippen molar-refractivity contribution in [2.45, 2.75) is 39.8 Å². The van der Waals surface area contributed by atoms with Crippen LogP contribution >= 0.6 is 0 Å². The molecule has 2 N–H and O–H groups in total. The molecule has 0 fully saturated rings. The van der Waals surface area contributed by atoms with Gasteiger partial charge in [0.05, 0.1) is 26.2 Å². The number of amidine groups is 2. The van der Waals surface area contributed by atoms with Crippen LogP contribution in [0.1, 0.15) is 27.7 Å². The first-order valence-electron chi connectivity index (χ1n) is 7.51. The normalized spacial score (nSPS) is 28.8. The number of aliphatic imine (C=N–C) groups is 2. The Morgan fingerprint density at radius 3 is 1.65 bits per heavy atom. The fraction of sp³-hybridized carbons (Fsp3) is 0.857. The van der Waals surface area contributed by atoms with Gasteiger partial charge < -0.3 is 10.6 Å².